The first kappa shape index (κ1) is 33.9. The van der Waals surface area contributed by atoms with Crippen LogP contribution in [0.5, 0.6) is 0 Å². The number of unbranched alkanes of at least 4 members (excludes halogenated alkanes) is 10. The fourth-order valence-electron chi connectivity index (χ4n) is 8.07. The molecule has 0 unspecified atom stereocenters. The summed E-state index contributed by atoms with van der Waals surface area (Å²) in [4.78, 5) is 56.8. The second-order valence-corrected chi connectivity index (χ2v) is 13.7. The molecule has 2 heterocycles. The quantitative estimate of drug-likeness (QED) is 0.0383. The number of amides is 4. The van der Waals surface area contributed by atoms with Crippen molar-refractivity contribution in [3.8, 4) is 0 Å². The fourth-order valence-corrected chi connectivity index (χ4v) is 8.07. The van der Waals surface area contributed by atoms with Crippen molar-refractivity contribution < 1.29 is 36.7 Å². The average molecular weight is 687 g/mol. The van der Waals surface area contributed by atoms with Crippen LogP contribution in [-0.4, -0.2) is 46.5 Å². The van der Waals surface area contributed by atoms with Crippen molar-refractivity contribution >= 4 is 66.7 Å². The molecule has 5 aromatic rings. The van der Waals surface area contributed by atoms with Crippen molar-refractivity contribution in [1.82, 2.24) is 9.80 Å². The van der Waals surface area contributed by atoms with Crippen molar-refractivity contribution in [2.45, 2.75) is 90.9 Å². The predicted molar refractivity (Wildman–Crippen MR) is 185 cm³/mol. The molecule has 260 valence electrons. The topological polar surface area (TPSA) is 74.8 Å². The summed E-state index contributed by atoms with van der Waals surface area (Å²) in [5, 5.41) is -2.55. The Morgan fingerprint density at radius 3 is 0.920 bits per heavy atom. The standard InChI is InChI=1S/C40H38F4N2O4/c1-3-5-7-9-11-13-15-45-37(47)21-17-25(41)31-33-27(43)19-23-30-24(40(50)46(39(23)49)16-14-12-10-8-6-4-2)20-28(44)34(36(30)33)32-26(42)18-22(38(45)48)29(21)35(31)32/h17-20H,3-16H2,1-2H3. The Morgan fingerprint density at radius 1 is 0.380 bits per heavy atom. The van der Waals surface area contributed by atoms with Gasteiger partial charge >= 0.3 is 0 Å². The first-order chi connectivity index (χ1) is 24.1. The minimum Gasteiger partial charge on any atom is -0.274 e. The number of hydrogen-bond acceptors (Lipinski definition) is 4. The zero-order valence-electron chi connectivity index (χ0n) is 28.2. The number of nitrogens with zero attached hydrogens (tertiary/aromatic N) is 2. The number of carbonyl (C=O) groups is 4. The Morgan fingerprint density at radius 2 is 0.640 bits per heavy atom. The van der Waals surface area contributed by atoms with Gasteiger partial charge in [0.05, 0.1) is 22.3 Å². The van der Waals surface area contributed by atoms with Gasteiger partial charge < -0.3 is 0 Å². The Hall–Kier alpha value is -4.60. The highest BCUT2D eigenvalue weighted by atomic mass is 19.1. The van der Waals surface area contributed by atoms with Gasteiger partial charge in [-0.05, 0) is 37.1 Å². The van der Waals surface area contributed by atoms with Gasteiger partial charge in [-0.1, -0.05) is 78.1 Å². The Bertz CT molecular complexity index is 1960. The molecular weight excluding hydrogens is 648 g/mol. The molecule has 0 N–H and O–H groups in total. The van der Waals surface area contributed by atoms with Crippen LogP contribution in [0.25, 0.3) is 43.1 Å². The molecule has 2 aliphatic heterocycles. The molecule has 0 atom stereocenters. The number of hydrogen-bond donors (Lipinski definition) is 0. The highest BCUT2D eigenvalue weighted by molar-refractivity contribution is 6.41. The smallest absolute Gasteiger partial charge is 0.261 e. The van der Waals surface area contributed by atoms with E-state index in [1.165, 1.54) is 0 Å². The number of benzene rings is 5. The average Bonchev–Trinajstić information content (AvgIpc) is 3.09. The third-order valence-electron chi connectivity index (χ3n) is 10.5. The van der Waals surface area contributed by atoms with Gasteiger partial charge in [0.2, 0.25) is 0 Å². The summed E-state index contributed by atoms with van der Waals surface area (Å²) in [5.41, 5.74) is -0.801. The van der Waals surface area contributed by atoms with Crippen LogP contribution in [0, 0.1) is 23.3 Å². The largest absolute Gasteiger partial charge is 0.274 e. The second kappa shape index (κ2) is 13.3. The van der Waals surface area contributed by atoms with E-state index in [0.717, 1.165) is 98.3 Å². The summed E-state index contributed by atoms with van der Waals surface area (Å²) in [5.74, 6) is -7.36. The van der Waals surface area contributed by atoms with Crippen LogP contribution < -0.4 is 0 Å². The van der Waals surface area contributed by atoms with E-state index in [4.69, 9.17) is 0 Å². The maximum atomic E-state index is 16.4. The third-order valence-corrected chi connectivity index (χ3v) is 10.5. The Labute approximate surface area is 286 Å². The molecule has 0 bridgehead atoms. The van der Waals surface area contributed by atoms with E-state index in [-0.39, 0.29) is 56.9 Å². The third kappa shape index (κ3) is 5.12. The molecule has 4 amide bonds. The molecule has 10 heteroatoms. The molecule has 0 aliphatic carbocycles. The van der Waals surface area contributed by atoms with Crippen molar-refractivity contribution in [1.29, 1.82) is 0 Å². The summed E-state index contributed by atoms with van der Waals surface area (Å²) in [7, 11) is 0. The van der Waals surface area contributed by atoms with Gasteiger partial charge in [0.15, 0.2) is 0 Å². The molecule has 5 aromatic carbocycles. The lowest BCUT2D eigenvalue weighted by atomic mass is 9.81. The molecule has 0 radical (unpaired) electrons. The first-order valence-electron chi connectivity index (χ1n) is 17.8. The van der Waals surface area contributed by atoms with Gasteiger partial charge in [0.25, 0.3) is 23.6 Å². The van der Waals surface area contributed by atoms with Crippen LogP contribution in [0.2, 0.25) is 0 Å². The molecule has 0 saturated carbocycles. The van der Waals surface area contributed by atoms with Gasteiger partial charge in [-0.25, -0.2) is 17.6 Å². The van der Waals surface area contributed by atoms with Gasteiger partial charge in [0.1, 0.15) is 23.3 Å². The zero-order valence-corrected chi connectivity index (χ0v) is 28.2. The summed E-state index contributed by atoms with van der Waals surface area (Å²) in [6, 6.07) is 3.67. The lowest BCUT2D eigenvalue weighted by Gasteiger charge is -2.30. The van der Waals surface area contributed by atoms with Crippen molar-refractivity contribution in [3.63, 3.8) is 0 Å². The van der Waals surface area contributed by atoms with Crippen LogP contribution >= 0.6 is 0 Å². The maximum Gasteiger partial charge on any atom is 0.261 e. The Kier molecular flexibility index (Phi) is 8.99. The number of carbonyl (C=O) groups excluding carboxylic acids is 4. The van der Waals surface area contributed by atoms with E-state index in [1.807, 2.05) is 0 Å². The van der Waals surface area contributed by atoms with Crippen LogP contribution in [0.3, 0.4) is 0 Å². The van der Waals surface area contributed by atoms with Crippen LogP contribution in [0.1, 0.15) is 132 Å². The summed E-state index contributed by atoms with van der Waals surface area (Å²) in [6.07, 6.45) is 10.7. The Balaban J connectivity index is 1.39. The van der Waals surface area contributed by atoms with E-state index in [9.17, 15) is 19.2 Å². The summed E-state index contributed by atoms with van der Waals surface area (Å²) < 4.78 is 65.5. The lowest BCUT2D eigenvalue weighted by Crippen LogP contribution is -2.41. The first-order valence-corrected chi connectivity index (χ1v) is 17.8. The number of fused-ring (bicyclic) bond motifs is 2. The molecule has 50 heavy (non-hydrogen) atoms. The fraction of sp³-hybridized carbons (Fsp3) is 0.400. The van der Waals surface area contributed by atoms with Crippen molar-refractivity contribution in [3.05, 3.63) is 69.8 Å². The van der Waals surface area contributed by atoms with Crippen molar-refractivity contribution in [2.75, 3.05) is 13.1 Å². The zero-order chi connectivity index (χ0) is 35.4. The van der Waals surface area contributed by atoms with E-state index in [0.29, 0.717) is 12.8 Å². The maximum absolute atomic E-state index is 16.4. The molecule has 0 fully saturated rings. The number of rotatable bonds is 14. The molecule has 0 saturated heterocycles. The van der Waals surface area contributed by atoms with Gasteiger partial charge in [0, 0.05) is 56.2 Å². The summed E-state index contributed by atoms with van der Waals surface area (Å²) >= 11 is 0. The monoisotopic (exact) mass is 686 g/mol. The van der Waals surface area contributed by atoms with E-state index >= 15 is 17.6 Å². The summed E-state index contributed by atoms with van der Waals surface area (Å²) in [6.45, 7) is 4.31. The number of imide groups is 2. The molecule has 6 nitrogen and oxygen atoms in total. The van der Waals surface area contributed by atoms with Crippen molar-refractivity contribution in [2.24, 2.45) is 0 Å². The van der Waals surface area contributed by atoms with E-state index in [1.54, 1.807) is 0 Å². The highest BCUT2D eigenvalue weighted by Gasteiger charge is 2.40. The van der Waals surface area contributed by atoms with Crippen LogP contribution in [0.15, 0.2) is 24.3 Å². The molecule has 2 aliphatic rings. The molecule has 7 rings (SSSR count). The lowest BCUT2D eigenvalue weighted by molar-refractivity contribution is 0.0592. The molecular formula is C40H38F4N2O4. The normalized spacial score (nSPS) is 14.6. The molecule has 0 aromatic heterocycles. The molecule has 0 spiro atoms. The van der Waals surface area contributed by atoms with Gasteiger partial charge in [-0.15, -0.1) is 0 Å². The SMILES string of the molecule is CCCCCCCCN1C(=O)c2cc(F)c3c4c(F)cc5c6c(cc(F)c(c7c(F)cc(c2c37)C1=O)c64)C(=O)N(CCCCCCCC)C5=O. The predicted octanol–water partition coefficient (Wildman–Crippen LogP) is 10.2. The van der Waals surface area contributed by atoms with Crippen LogP contribution in [0.4, 0.5) is 17.6 Å². The minimum atomic E-state index is -1.07. The minimum absolute atomic E-state index is 0.0619. The van der Waals surface area contributed by atoms with Gasteiger partial charge in [-0.2, -0.15) is 0 Å². The van der Waals surface area contributed by atoms with Gasteiger partial charge in [-0.3, -0.25) is 29.0 Å². The number of halogens is 4. The van der Waals surface area contributed by atoms with E-state index in [2.05, 4.69) is 13.8 Å². The highest BCUT2D eigenvalue weighted by Crippen LogP contribution is 2.49. The van der Waals surface area contributed by atoms with E-state index < -0.39 is 68.4 Å². The second-order valence-electron chi connectivity index (χ2n) is 13.7. The van der Waals surface area contributed by atoms with Crippen LogP contribution in [-0.2, 0) is 0 Å².